The zero-order valence-electron chi connectivity index (χ0n) is 12.7. The average Bonchev–Trinajstić information content (AvgIpc) is 2.43. The molecule has 0 aliphatic carbocycles. The van der Waals surface area contributed by atoms with E-state index in [1.165, 1.54) is 11.1 Å². The summed E-state index contributed by atoms with van der Waals surface area (Å²) in [5, 5.41) is 3.47. The third-order valence-corrected chi connectivity index (χ3v) is 4.23. The molecule has 1 N–H and O–H groups in total. The first-order valence-corrected chi connectivity index (χ1v) is 8.02. The largest absolute Gasteiger partial charge is 0.382 e. The van der Waals surface area contributed by atoms with E-state index >= 15 is 0 Å². The smallest absolute Gasteiger partial charge is 0.137 e. The zero-order chi connectivity index (χ0) is 15.4. The third kappa shape index (κ3) is 4.57. The highest BCUT2D eigenvalue weighted by molar-refractivity contribution is 9.10. The van der Waals surface area contributed by atoms with Crippen LogP contribution >= 0.6 is 15.9 Å². The molecule has 3 heteroatoms. The summed E-state index contributed by atoms with van der Waals surface area (Å²) in [6.45, 7) is 6.20. The van der Waals surface area contributed by atoms with Gasteiger partial charge in [0.2, 0.25) is 0 Å². The lowest BCUT2D eigenvalue weighted by atomic mass is 10.0. The van der Waals surface area contributed by atoms with E-state index in [0.717, 1.165) is 24.1 Å². The van der Waals surface area contributed by atoms with Crippen LogP contribution < -0.4 is 5.32 Å². The van der Waals surface area contributed by atoms with Crippen molar-refractivity contribution in [2.45, 2.75) is 39.7 Å². The van der Waals surface area contributed by atoms with Gasteiger partial charge in [-0.3, -0.25) is 0 Å². The summed E-state index contributed by atoms with van der Waals surface area (Å²) in [7, 11) is 0. The van der Waals surface area contributed by atoms with Gasteiger partial charge in [0.25, 0.3) is 0 Å². The van der Waals surface area contributed by atoms with Gasteiger partial charge in [-0.25, -0.2) is 4.39 Å². The van der Waals surface area contributed by atoms with Gasteiger partial charge in [0.1, 0.15) is 5.82 Å². The lowest BCUT2D eigenvalue weighted by Crippen LogP contribution is -2.17. The molecule has 0 aromatic heterocycles. The van der Waals surface area contributed by atoms with Crippen LogP contribution in [0.25, 0.3) is 0 Å². The van der Waals surface area contributed by atoms with Gasteiger partial charge in [-0.2, -0.15) is 0 Å². The van der Waals surface area contributed by atoms with Crippen LogP contribution in [0.1, 0.15) is 30.0 Å². The highest BCUT2D eigenvalue weighted by atomic mass is 79.9. The van der Waals surface area contributed by atoms with Gasteiger partial charge in [0.15, 0.2) is 0 Å². The molecule has 0 fully saturated rings. The molecule has 2 aromatic rings. The molecule has 2 aromatic carbocycles. The summed E-state index contributed by atoms with van der Waals surface area (Å²) in [6, 6.07) is 12.3. The second-order valence-electron chi connectivity index (χ2n) is 5.65. The number of rotatable bonds is 5. The number of nitrogens with one attached hydrogen (secondary N) is 1. The van der Waals surface area contributed by atoms with Crippen LogP contribution in [-0.2, 0) is 6.42 Å². The Morgan fingerprint density at radius 1 is 1.19 bits per heavy atom. The molecule has 0 aliphatic heterocycles. The van der Waals surface area contributed by atoms with Crippen LogP contribution in [0.3, 0.4) is 0 Å². The molecule has 1 atom stereocenters. The summed E-state index contributed by atoms with van der Waals surface area (Å²) < 4.78 is 13.9. The normalized spacial score (nSPS) is 12.2. The van der Waals surface area contributed by atoms with E-state index in [1.807, 2.05) is 13.0 Å². The minimum Gasteiger partial charge on any atom is -0.382 e. The van der Waals surface area contributed by atoms with E-state index in [1.54, 1.807) is 6.07 Å². The summed E-state index contributed by atoms with van der Waals surface area (Å²) >= 11 is 3.24. The second-order valence-corrected chi connectivity index (χ2v) is 6.51. The van der Waals surface area contributed by atoms with Gasteiger partial charge >= 0.3 is 0 Å². The monoisotopic (exact) mass is 349 g/mol. The molecule has 0 bridgehead atoms. The minimum absolute atomic E-state index is 0.217. The first kappa shape index (κ1) is 16.0. The van der Waals surface area contributed by atoms with Gasteiger partial charge in [-0.15, -0.1) is 0 Å². The van der Waals surface area contributed by atoms with E-state index in [0.29, 0.717) is 10.5 Å². The summed E-state index contributed by atoms with van der Waals surface area (Å²) in [5.41, 5.74) is 4.57. The fraction of sp³-hybridized carbons (Fsp3) is 0.333. The van der Waals surface area contributed by atoms with Gasteiger partial charge in [-0.1, -0.05) is 29.8 Å². The molecule has 21 heavy (non-hydrogen) atoms. The van der Waals surface area contributed by atoms with Gasteiger partial charge < -0.3 is 5.32 Å². The van der Waals surface area contributed by atoms with Crippen molar-refractivity contribution in [3.05, 3.63) is 63.4 Å². The maximum absolute atomic E-state index is 13.4. The number of anilines is 1. The van der Waals surface area contributed by atoms with Crippen molar-refractivity contribution in [3.8, 4) is 0 Å². The van der Waals surface area contributed by atoms with E-state index in [-0.39, 0.29) is 5.82 Å². The van der Waals surface area contributed by atoms with Crippen molar-refractivity contribution in [3.63, 3.8) is 0 Å². The maximum atomic E-state index is 13.4. The van der Waals surface area contributed by atoms with Gasteiger partial charge in [-0.05, 0) is 72.8 Å². The molecule has 0 saturated carbocycles. The van der Waals surface area contributed by atoms with Crippen LogP contribution in [0.4, 0.5) is 10.1 Å². The first-order chi connectivity index (χ1) is 9.95. The van der Waals surface area contributed by atoms with Crippen LogP contribution in [0.15, 0.2) is 40.9 Å². The Morgan fingerprint density at radius 3 is 2.67 bits per heavy atom. The summed E-state index contributed by atoms with van der Waals surface area (Å²) in [5.74, 6) is -0.217. The Kier molecular flexibility index (Phi) is 5.40. The summed E-state index contributed by atoms with van der Waals surface area (Å²) in [4.78, 5) is 0. The molecule has 0 saturated heterocycles. The quantitative estimate of drug-likeness (QED) is 0.736. The lowest BCUT2D eigenvalue weighted by Gasteiger charge is -2.17. The van der Waals surface area contributed by atoms with Crippen molar-refractivity contribution in [1.82, 2.24) is 0 Å². The Morgan fingerprint density at radius 2 is 1.95 bits per heavy atom. The molecular formula is C18H21BrFN. The molecule has 2 rings (SSSR count). The maximum Gasteiger partial charge on any atom is 0.137 e. The van der Waals surface area contributed by atoms with Crippen LogP contribution in [-0.4, -0.2) is 6.04 Å². The fourth-order valence-electron chi connectivity index (χ4n) is 2.39. The highest BCUT2D eigenvalue weighted by Crippen LogP contribution is 2.25. The van der Waals surface area contributed by atoms with Crippen molar-refractivity contribution in [2.24, 2.45) is 0 Å². The Labute approximate surface area is 134 Å². The number of benzene rings is 2. The van der Waals surface area contributed by atoms with Crippen LogP contribution in [0.5, 0.6) is 0 Å². The standard InChI is InChI=1S/C18H21BrFN/c1-12-5-4-6-15(9-12)8-7-14(3)21-18-11-16(19)17(20)10-13(18)2/h4-6,9-11,14,21H,7-8H2,1-3H3. The van der Waals surface area contributed by atoms with Gasteiger partial charge in [0, 0.05) is 11.7 Å². The number of hydrogen-bond donors (Lipinski definition) is 1. The fourth-order valence-corrected chi connectivity index (χ4v) is 2.73. The minimum atomic E-state index is -0.217. The summed E-state index contributed by atoms with van der Waals surface area (Å²) in [6.07, 6.45) is 2.08. The van der Waals surface area contributed by atoms with Crippen molar-refractivity contribution in [1.29, 1.82) is 0 Å². The SMILES string of the molecule is Cc1cccc(CCC(C)Nc2cc(Br)c(F)cc2C)c1. The predicted molar refractivity (Wildman–Crippen MR) is 91.4 cm³/mol. The van der Waals surface area contributed by atoms with E-state index in [4.69, 9.17) is 0 Å². The number of hydrogen-bond acceptors (Lipinski definition) is 1. The number of halogens is 2. The van der Waals surface area contributed by atoms with Crippen molar-refractivity contribution >= 4 is 21.6 Å². The first-order valence-electron chi connectivity index (χ1n) is 7.23. The molecule has 0 heterocycles. The molecule has 112 valence electrons. The van der Waals surface area contributed by atoms with Crippen molar-refractivity contribution in [2.75, 3.05) is 5.32 Å². The van der Waals surface area contributed by atoms with Crippen molar-refractivity contribution < 1.29 is 4.39 Å². The predicted octanol–water partition coefficient (Wildman–Crippen LogP) is 5.64. The number of aryl methyl sites for hydroxylation is 3. The molecule has 1 unspecified atom stereocenters. The zero-order valence-corrected chi connectivity index (χ0v) is 14.3. The molecule has 1 nitrogen and oxygen atoms in total. The molecule has 0 spiro atoms. The van der Waals surface area contributed by atoms with Gasteiger partial charge in [0.05, 0.1) is 4.47 Å². The van der Waals surface area contributed by atoms with Crippen LogP contribution in [0, 0.1) is 19.7 Å². The Bertz CT molecular complexity index is 625. The average molecular weight is 350 g/mol. The van der Waals surface area contributed by atoms with E-state index in [2.05, 4.69) is 59.4 Å². The molecule has 0 radical (unpaired) electrons. The lowest BCUT2D eigenvalue weighted by molar-refractivity contribution is 0.619. The molecule has 0 aliphatic rings. The highest BCUT2D eigenvalue weighted by Gasteiger charge is 2.08. The second kappa shape index (κ2) is 7.08. The Balaban J connectivity index is 1.96. The van der Waals surface area contributed by atoms with E-state index in [9.17, 15) is 4.39 Å². The Hall–Kier alpha value is -1.35. The van der Waals surface area contributed by atoms with Crippen LogP contribution in [0.2, 0.25) is 0 Å². The molecular weight excluding hydrogens is 329 g/mol. The topological polar surface area (TPSA) is 12.0 Å². The molecule has 0 amide bonds. The van der Waals surface area contributed by atoms with E-state index < -0.39 is 0 Å². The third-order valence-electron chi connectivity index (χ3n) is 3.62.